The minimum atomic E-state index is -0.249. The summed E-state index contributed by atoms with van der Waals surface area (Å²) in [4.78, 5) is 31.1. The zero-order chi connectivity index (χ0) is 29.9. The lowest BCUT2D eigenvalue weighted by Gasteiger charge is -2.42. The van der Waals surface area contributed by atoms with E-state index in [-0.39, 0.29) is 24.2 Å². The molecule has 4 heterocycles. The van der Waals surface area contributed by atoms with Crippen LogP contribution in [0.5, 0.6) is 6.01 Å². The van der Waals surface area contributed by atoms with Gasteiger partial charge in [0, 0.05) is 43.5 Å². The molecule has 0 radical (unpaired) electrons. The Hall–Kier alpha value is -3.71. The first kappa shape index (κ1) is 29.4. The van der Waals surface area contributed by atoms with Crippen molar-refractivity contribution in [2.45, 2.75) is 76.4 Å². The van der Waals surface area contributed by atoms with E-state index < -0.39 is 0 Å². The van der Waals surface area contributed by atoms with Gasteiger partial charge >= 0.3 is 6.01 Å². The van der Waals surface area contributed by atoms with Crippen LogP contribution in [-0.2, 0) is 30.6 Å². The standard InChI is InChI=1S/C33H42FN7O2/c1-3-31(42)41-19-18-40(20-23(41)13-15-35)32-27-14-17-39(30-12-11-28(34)25-9-5-4-6-10-26(25)30)21-29(27)36-33(37-32)43-22-24-8-7-16-38(24)2/h3,11-12,23-24H,1,4-10,13-14,16-22H2,2H3/t23-,24-/m0/s1. The van der Waals surface area contributed by atoms with Crippen LogP contribution in [0.1, 0.15) is 60.9 Å². The molecule has 1 aromatic carbocycles. The fourth-order valence-corrected chi connectivity index (χ4v) is 7.29. The molecule has 9 nitrogen and oxygen atoms in total. The predicted octanol–water partition coefficient (Wildman–Crippen LogP) is 4.04. The molecule has 0 bridgehead atoms. The number of carbonyl (C=O) groups excluding carboxylic acids is 1. The summed E-state index contributed by atoms with van der Waals surface area (Å²) < 4.78 is 21.1. The van der Waals surface area contributed by atoms with Crippen molar-refractivity contribution in [3.05, 3.63) is 53.0 Å². The smallest absolute Gasteiger partial charge is 0.318 e. The number of aromatic nitrogens is 2. The molecular formula is C33H42FN7O2. The number of rotatable bonds is 7. The second kappa shape index (κ2) is 12.9. The van der Waals surface area contributed by atoms with Gasteiger partial charge in [-0.15, -0.1) is 0 Å². The number of piperazine rings is 1. The van der Waals surface area contributed by atoms with Crippen molar-refractivity contribution < 1.29 is 13.9 Å². The average Bonchev–Trinajstić information content (AvgIpc) is 3.27. The second-order valence-corrected chi connectivity index (χ2v) is 12.3. The van der Waals surface area contributed by atoms with Gasteiger partial charge < -0.3 is 24.3 Å². The van der Waals surface area contributed by atoms with E-state index in [2.05, 4.69) is 34.4 Å². The summed E-state index contributed by atoms with van der Waals surface area (Å²) in [6.07, 6.45) is 9.49. The van der Waals surface area contributed by atoms with Crippen LogP contribution < -0.4 is 14.5 Å². The lowest BCUT2D eigenvalue weighted by molar-refractivity contribution is -0.128. The van der Waals surface area contributed by atoms with E-state index in [1.54, 1.807) is 11.0 Å². The molecule has 1 aliphatic carbocycles. The van der Waals surface area contributed by atoms with Crippen LogP contribution in [0, 0.1) is 17.1 Å². The summed E-state index contributed by atoms with van der Waals surface area (Å²) in [5, 5.41) is 9.52. The first-order valence-electron chi connectivity index (χ1n) is 15.8. The summed E-state index contributed by atoms with van der Waals surface area (Å²) in [6.45, 7) is 8.23. The molecule has 0 N–H and O–H groups in total. The molecule has 1 amide bonds. The number of halogens is 1. The Balaban J connectivity index is 1.32. The first-order chi connectivity index (χ1) is 21.0. The molecule has 0 spiro atoms. The molecule has 2 fully saturated rings. The van der Waals surface area contributed by atoms with Crippen molar-refractivity contribution in [3.8, 4) is 12.1 Å². The minimum absolute atomic E-state index is 0.0868. The molecule has 0 unspecified atom stereocenters. The van der Waals surface area contributed by atoms with Gasteiger partial charge in [-0.1, -0.05) is 13.0 Å². The van der Waals surface area contributed by atoms with Crippen molar-refractivity contribution in [2.24, 2.45) is 0 Å². The van der Waals surface area contributed by atoms with Crippen molar-refractivity contribution in [1.82, 2.24) is 19.8 Å². The Kier molecular flexibility index (Phi) is 8.80. The van der Waals surface area contributed by atoms with E-state index in [4.69, 9.17) is 14.7 Å². The number of ether oxygens (including phenoxy) is 1. The van der Waals surface area contributed by atoms with Crippen molar-refractivity contribution in [3.63, 3.8) is 0 Å². The summed E-state index contributed by atoms with van der Waals surface area (Å²) in [5.74, 6) is 0.602. The Bertz CT molecular complexity index is 1410. The van der Waals surface area contributed by atoms with Crippen molar-refractivity contribution >= 4 is 17.4 Å². The maximum Gasteiger partial charge on any atom is 0.318 e. The Morgan fingerprint density at radius 3 is 2.65 bits per heavy atom. The van der Waals surface area contributed by atoms with E-state index in [0.717, 1.165) is 98.3 Å². The van der Waals surface area contributed by atoms with Crippen LogP contribution in [0.25, 0.3) is 0 Å². The fourth-order valence-electron chi connectivity index (χ4n) is 7.29. The number of nitrogens with zero attached hydrogens (tertiary/aromatic N) is 7. The molecule has 2 saturated heterocycles. The summed E-state index contributed by atoms with van der Waals surface area (Å²) in [7, 11) is 2.13. The topological polar surface area (TPSA) is 88.8 Å². The third-order valence-electron chi connectivity index (χ3n) is 9.71. The lowest BCUT2D eigenvalue weighted by atomic mass is 9.97. The number of hydrogen-bond acceptors (Lipinski definition) is 8. The largest absolute Gasteiger partial charge is 0.462 e. The number of nitriles is 1. The zero-order valence-corrected chi connectivity index (χ0v) is 25.2. The molecule has 228 valence electrons. The number of fused-ring (bicyclic) bond motifs is 2. The van der Waals surface area contributed by atoms with Crippen LogP contribution in [0.15, 0.2) is 24.8 Å². The Labute approximate surface area is 253 Å². The van der Waals surface area contributed by atoms with Gasteiger partial charge in [0.15, 0.2) is 0 Å². The van der Waals surface area contributed by atoms with Gasteiger partial charge in [-0.2, -0.15) is 15.2 Å². The van der Waals surface area contributed by atoms with Crippen LogP contribution in [0.3, 0.4) is 0 Å². The normalized spacial score (nSPS) is 22.4. The van der Waals surface area contributed by atoms with Gasteiger partial charge in [-0.25, -0.2) is 4.39 Å². The van der Waals surface area contributed by atoms with E-state index in [1.165, 1.54) is 6.08 Å². The van der Waals surface area contributed by atoms with Crippen LogP contribution >= 0.6 is 0 Å². The summed E-state index contributed by atoms with van der Waals surface area (Å²) >= 11 is 0. The molecule has 2 atom stereocenters. The van der Waals surface area contributed by atoms with E-state index in [1.807, 2.05) is 6.07 Å². The SMILES string of the molecule is C=CC(=O)N1CCN(c2nc(OC[C@@H]3CCCN3C)nc3c2CCN(c2ccc(F)c4c2CCCCC4)C3)C[C@@H]1CC#N. The summed E-state index contributed by atoms with van der Waals surface area (Å²) in [5.41, 5.74) is 5.17. The van der Waals surface area contributed by atoms with E-state index >= 15 is 0 Å². The molecule has 2 aromatic rings. The number of hydrogen-bond donors (Lipinski definition) is 0. The number of benzene rings is 1. The third-order valence-corrected chi connectivity index (χ3v) is 9.71. The van der Waals surface area contributed by atoms with Gasteiger partial charge in [0.1, 0.15) is 18.2 Å². The molecule has 0 saturated carbocycles. The van der Waals surface area contributed by atoms with E-state index in [9.17, 15) is 14.4 Å². The quantitative estimate of drug-likeness (QED) is 0.355. The van der Waals surface area contributed by atoms with Crippen LogP contribution in [0.4, 0.5) is 15.9 Å². The van der Waals surface area contributed by atoms with Crippen molar-refractivity contribution in [2.75, 3.05) is 56.2 Å². The Morgan fingerprint density at radius 1 is 1.05 bits per heavy atom. The molecular weight excluding hydrogens is 545 g/mol. The maximum atomic E-state index is 14.9. The van der Waals surface area contributed by atoms with Gasteiger partial charge in [0.05, 0.1) is 30.8 Å². The molecule has 10 heteroatoms. The summed E-state index contributed by atoms with van der Waals surface area (Å²) in [6, 6.07) is 6.29. The number of likely N-dealkylation sites (N-methyl/N-ethyl adjacent to an activating group) is 1. The second-order valence-electron chi connectivity index (χ2n) is 12.3. The number of carbonyl (C=O) groups is 1. The van der Waals surface area contributed by atoms with Gasteiger partial charge in [-0.05, 0) is 87.9 Å². The average molecular weight is 588 g/mol. The van der Waals surface area contributed by atoms with E-state index in [0.29, 0.717) is 44.8 Å². The first-order valence-corrected chi connectivity index (χ1v) is 15.8. The van der Waals surface area contributed by atoms with Gasteiger partial charge in [0.25, 0.3) is 0 Å². The molecule has 43 heavy (non-hydrogen) atoms. The fraction of sp³-hybridized carbons (Fsp3) is 0.576. The molecule has 4 aliphatic rings. The van der Waals surface area contributed by atoms with Gasteiger partial charge in [0.2, 0.25) is 5.91 Å². The molecule has 1 aromatic heterocycles. The van der Waals surface area contributed by atoms with Gasteiger partial charge in [-0.3, -0.25) is 4.79 Å². The number of anilines is 2. The van der Waals surface area contributed by atoms with Crippen LogP contribution in [0.2, 0.25) is 0 Å². The highest BCUT2D eigenvalue weighted by Gasteiger charge is 2.34. The highest BCUT2D eigenvalue weighted by atomic mass is 19.1. The Morgan fingerprint density at radius 2 is 1.88 bits per heavy atom. The number of amides is 1. The predicted molar refractivity (Wildman–Crippen MR) is 164 cm³/mol. The maximum absolute atomic E-state index is 14.9. The monoisotopic (exact) mass is 587 g/mol. The highest BCUT2D eigenvalue weighted by molar-refractivity contribution is 5.87. The molecule has 6 rings (SSSR count). The van der Waals surface area contributed by atoms with Crippen LogP contribution in [-0.4, -0.2) is 84.1 Å². The molecule has 3 aliphatic heterocycles. The third kappa shape index (κ3) is 6.05. The minimum Gasteiger partial charge on any atom is -0.462 e. The number of likely N-dealkylation sites (tertiary alicyclic amines) is 1. The van der Waals surface area contributed by atoms with Crippen molar-refractivity contribution in [1.29, 1.82) is 5.26 Å². The highest BCUT2D eigenvalue weighted by Crippen LogP contribution is 2.36. The lowest BCUT2D eigenvalue weighted by Crippen LogP contribution is -2.55. The zero-order valence-electron chi connectivity index (χ0n) is 25.2.